The Morgan fingerprint density at radius 3 is 2.62 bits per heavy atom. The average Bonchev–Trinajstić information content (AvgIpc) is 2.47. The molecule has 0 heterocycles. The summed E-state index contributed by atoms with van der Waals surface area (Å²) in [5.41, 5.74) is 1.35. The van der Waals surface area contributed by atoms with Gasteiger partial charge in [-0.1, -0.05) is 48.6 Å². The molecule has 0 aliphatic heterocycles. The van der Waals surface area contributed by atoms with Gasteiger partial charge in [0.05, 0.1) is 18.8 Å². The minimum Gasteiger partial charge on any atom is -0.478 e. The van der Waals surface area contributed by atoms with Gasteiger partial charge < -0.3 is 9.84 Å². The zero-order chi connectivity index (χ0) is 15.1. The minimum absolute atomic E-state index is 0.232. The van der Waals surface area contributed by atoms with E-state index in [9.17, 15) is 9.18 Å². The van der Waals surface area contributed by atoms with E-state index in [1.165, 1.54) is 12.1 Å². The first-order chi connectivity index (χ1) is 10.2. The Hall–Kier alpha value is -2.46. The van der Waals surface area contributed by atoms with Gasteiger partial charge in [-0.2, -0.15) is 0 Å². The van der Waals surface area contributed by atoms with Gasteiger partial charge in [0.15, 0.2) is 0 Å². The highest BCUT2D eigenvalue weighted by Crippen LogP contribution is 2.11. The van der Waals surface area contributed by atoms with E-state index >= 15 is 0 Å². The van der Waals surface area contributed by atoms with Crippen molar-refractivity contribution in [1.82, 2.24) is 0 Å². The van der Waals surface area contributed by atoms with Crippen LogP contribution in [0.25, 0.3) is 6.08 Å². The number of benzene rings is 2. The number of ether oxygens (including phenoxy) is 1. The molecule has 0 spiro atoms. The molecule has 0 aromatic heterocycles. The molecule has 0 atom stereocenters. The molecular weight excluding hydrogens is 271 g/mol. The maximum Gasteiger partial charge on any atom is 0.338 e. The van der Waals surface area contributed by atoms with Gasteiger partial charge >= 0.3 is 5.97 Å². The number of carboxylic acid groups (broad SMARTS) is 1. The predicted molar refractivity (Wildman–Crippen MR) is 78.5 cm³/mol. The molecule has 4 heteroatoms. The van der Waals surface area contributed by atoms with E-state index in [-0.39, 0.29) is 12.2 Å². The molecule has 0 radical (unpaired) electrons. The van der Waals surface area contributed by atoms with Crippen LogP contribution in [-0.2, 0) is 11.3 Å². The fraction of sp³-hybridized carbons (Fsp3) is 0.118. The number of hydrogen-bond acceptors (Lipinski definition) is 2. The van der Waals surface area contributed by atoms with Gasteiger partial charge in [-0.3, -0.25) is 0 Å². The SMILES string of the molecule is O=C(O)c1ccc(COC/C=C/c2ccccc2)cc1F. The molecular formula is C17H15FO3. The molecule has 3 nitrogen and oxygen atoms in total. The molecule has 0 fully saturated rings. The van der Waals surface area contributed by atoms with Crippen LogP contribution in [-0.4, -0.2) is 17.7 Å². The quantitative estimate of drug-likeness (QED) is 0.823. The number of rotatable bonds is 6. The van der Waals surface area contributed by atoms with Crippen molar-refractivity contribution in [2.45, 2.75) is 6.61 Å². The van der Waals surface area contributed by atoms with Crippen LogP contribution >= 0.6 is 0 Å². The summed E-state index contributed by atoms with van der Waals surface area (Å²) in [6.07, 6.45) is 3.81. The van der Waals surface area contributed by atoms with Crippen LogP contribution in [0.2, 0.25) is 0 Å². The lowest BCUT2D eigenvalue weighted by atomic mass is 10.1. The topological polar surface area (TPSA) is 46.5 Å². The zero-order valence-electron chi connectivity index (χ0n) is 11.3. The van der Waals surface area contributed by atoms with E-state index in [0.717, 1.165) is 5.56 Å². The van der Waals surface area contributed by atoms with Crippen molar-refractivity contribution < 1.29 is 19.0 Å². The van der Waals surface area contributed by atoms with E-state index < -0.39 is 11.8 Å². The lowest BCUT2D eigenvalue weighted by Crippen LogP contribution is -2.02. The third-order valence-electron chi connectivity index (χ3n) is 2.86. The number of carboxylic acids is 1. The summed E-state index contributed by atoms with van der Waals surface area (Å²) in [6, 6.07) is 13.8. The fourth-order valence-electron chi connectivity index (χ4n) is 1.82. The first-order valence-electron chi connectivity index (χ1n) is 6.48. The van der Waals surface area contributed by atoms with Crippen LogP contribution in [0.15, 0.2) is 54.6 Å². The first-order valence-corrected chi connectivity index (χ1v) is 6.48. The molecule has 0 aliphatic rings. The highest BCUT2D eigenvalue weighted by atomic mass is 19.1. The Labute approximate surface area is 122 Å². The Morgan fingerprint density at radius 1 is 1.19 bits per heavy atom. The molecule has 2 aromatic carbocycles. The van der Waals surface area contributed by atoms with Crippen molar-refractivity contribution in [2.75, 3.05) is 6.61 Å². The van der Waals surface area contributed by atoms with Crippen LogP contribution in [0.5, 0.6) is 0 Å². The maximum absolute atomic E-state index is 13.4. The molecule has 0 unspecified atom stereocenters. The highest BCUT2D eigenvalue weighted by molar-refractivity contribution is 5.87. The number of halogens is 1. The second-order valence-corrected chi connectivity index (χ2v) is 4.45. The van der Waals surface area contributed by atoms with E-state index in [0.29, 0.717) is 12.2 Å². The lowest BCUT2D eigenvalue weighted by molar-refractivity contribution is 0.0691. The van der Waals surface area contributed by atoms with Crippen molar-refractivity contribution in [3.05, 3.63) is 77.1 Å². The zero-order valence-corrected chi connectivity index (χ0v) is 11.3. The van der Waals surface area contributed by atoms with E-state index in [1.54, 1.807) is 6.07 Å². The third-order valence-corrected chi connectivity index (χ3v) is 2.86. The molecule has 0 aliphatic carbocycles. The monoisotopic (exact) mass is 286 g/mol. The van der Waals surface area contributed by atoms with Gasteiger partial charge in [0.1, 0.15) is 5.82 Å². The molecule has 0 amide bonds. The third kappa shape index (κ3) is 4.54. The average molecular weight is 286 g/mol. The number of hydrogen-bond donors (Lipinski definition) is 1. The van der Waals surface area contributed by atoms with Gasteiger partial charge in [-0.05, 0) is 23.3 Å². The van der Waals surface area contributed by atoms with Gasteiger partial charge in [0.25, 0.3) is 0 Å². The molecule has 1 N–H and O–H groups in total. The van der Waals surface area contributed by atoms with Crippen molar-refractivity contribution >= 4 is 12.0 Å². The standard InChI is InChI=1S/C17H15FO3/c18-16-11-14(8-9-15(16)17(19)20)12-21-10-4-7-13-5-2-1-3-6-13/h1-9,11H,10,12H2,(H,19,20)/b7-4+. The molecule has 21 heavy (non-hydrogen) atoms. The largest absolute Gasteiger partial charge is 0.478 e. The second kappa shape index (κ2) is 7.36. The van der Waals surface area contributed by atoms with Crippen molar-refractivity contribution in [3.8, 4) is 0 Å². The fourth-order valence-corrected chi connectivity index (χ4v) is 1.82. The summed E-state index contributed by atoms with van der Waals surface area (Å²) in [7, 11) is 0. The van der Waals surface area contributed by atoms with Crippen molar-refractivity contribution in [2.24, 2.45) is 0 Å². The number of aromatic carboxylic acids is 1. The normalized spacial score (nSPS) is 10.9. The van der Waals surface area contributed by atoms with E-state index in [1.807, 2.05) is 42.5 Å². The highest BCUT2D eigenvalue weighted by Gasteiger charge is 2.09. The first kappa shape index (κ1) is 14.9. The molecule has 2 rings (SSSR count). The second-order valence-electron chi connectivity index (χ2n) is 4.45. The van der Waals surface area contributed by atoms with Crippen LogP contribution in [0.3, 0.4) is 0 Å². The minimum atomic E-state index is -1.27. The van der Waals surface area contributed by atoms with Gasteiger partial charge in [-0.25, -0.2) is 9.18 Å². The summed E-state index contributed by atoms with van der Waals surface area (Å²) < 4.78 is 18.8. The van der Waals surface area contributed by atoms with Crippen molar-refractivity contribution in [1.29, 1.82) is 0 Å². The van der Waals surface area contributed by atoms with Crippen LogP contribution in [0, 0.1) is 5.82 Å². The smallest absolute Gasteiger partial charge is 0.338 e. The number of carbonyl (C=O) groups is 1. The van der Waals surface area contributed by atoms with Crippen LogP contribution in [0.1, 0.15) is 21.5 Å². The van der Waals surface area contributed by atoms with Crippen LogP contribution < -0.4 is 0 Å². The summed E-state index contributed by atoms with van der Waals surface area (Å²) in [6.45, 7) is 0.632. The summed E-state index contributed by atoms with van der Waals surface area (Å²) >= 11 is 0. The molecule has 0 bridgehead atoms. The van der Waals surface area contributed by atoms with Gasteiger partial charge in [0.2, 0.25) is 0 Å². The predicted octanol–water partition coefficient (Wildman–Crippen LogP) is 3.75. The molecule has 108 valence electrons. The summed E-state index contributed by atoms with van der Waals surface area (Å²) in [4.78, 5) is 10.7. The van der Waals surface area contributed by atoms with E-state index in [4.69, 9.17) is 9.84 Å². The molecule has 0 saturated carbocycles. The Morgan fingerprint density at radius 2 is 1.95 bits per heavy atom. The van der Waals surface area contributed by atoms with E-state index in [2.05, 4.69) is 0 Å². The molecule has 2 aromatic rings. The van der Waals surface area contributed by atoms with Gasteiger partial charge in [0, 0.05) is 0 Å². The van der Waals surface area contributed by atoms with Gasteiger partial charge in [-0.15, -0.1) is 0 Å². The summed E-state index contributed by atoms with van der Waals surface area (Å²) in [5, 5.41) is 8.73. The van der Waals surface area contributed by atoms with Crippen LogP contribution in [0.4, 0.5) is 4.39 Å². The summed E-state index contributed by atoms with van der Waals surface area (Å²) in [5.74, 6) is -2.02. The van der Waals surface area contributed by atoms with Crippen molar-refractivity contribution in [3.63, 3.8) is 0 Å². The Kier molecular flexibility index (Phi) is 5.23. The molecule has 0 saturated heterocycles. The Balaban J connectivity index is 1.83. The Bertz CT molecular complexity index is 636. The lowest BCUT2D eigenvalue weighted by Gasteiger charge is -2.03. The maximum atomic E-state index is 13.4.